The van der Waals surface area contributed by atoms with Crippen molar-refractivity contribution in [3.05, 3.63) is 40.4 Å². The molecule has 7 heteroatoms. The lowest BCUT2D eigenvalue weighted by molar-refractivity contribution is 0.488. The van der Waals surface area contributed by atoms with Crippen molar-refractivity contribution in [2.45, 2.75) is 25.8 Å². The van der Waals surface area contributed by atoms with Gasteiger partial charge in [0.25, 0.3) is 0 Å². The SMILES string of the molecule is CCCNC(Cc1nnn(C)n1)c1cc(Cl)ccc1F. The van der Waals surface area contributed by atoms with Crippen molar-refractivity contribution in [1.29, 1.82) is 0 Å². The molecular formula is C13H17ClFN5. The zero-order chi connectivity index (χ0) is 14.5. The van der Waals surface area contributed by atoms with Gasteiger partial charge in [-0.15, -0.1) is 10.2 Å². The minimum atomic E-state index is -0.285. The van der Waals surface area contributed by atoms with E-state index in [1.54, 1.807) is 13.1 Å². The summed E-state index contributed by atoms with van der Waals surface area (Å²) >= 11 is 5.96. The summed E-state index contributed by atoms with van der Waals surface area (Å²) in [5, 5.41) is 15.7. The minimum Gasteiger partial charge on any atom is -0.309 e. The van der Waals surface area contributed by atoms with Crippen molar-refractivity contribution < 1.29 is 4.39 Å². The number of aromatic nitrogens is 4. The molecule has 1 heterocycles. The largest absolute Gasteiger partial charge is 0.309 e. The third-order valence-corrected chi connectivity index (χ3v) is 3.15. The summed E-state index contributed by atoms with van der Waals surface area (Å²) in [7, 11) is 1.70. The highest BCUT2D eigenvalue weighted by Gasteiger charge is 2.18. The molecule has 0 amide bonds. The standard InChI is InChI=1S/C13H17ClFN5/c1-3-6-16-12(8-13-17-19-20(2)18-13)10-7-9(14)4-5-11(10)15/h4-5,7,12,16H,3,6,8H2,1-2H3. The van der Waals surface area contributed by atoms with E-state index in [2.05, 4.69) is 27.7 Å². The van der Waals surface area contributed by atoms with Crippen LogP contribution in [0.1, 0.15) is 30.8 Å². The lowest BCUT2D eigenvalue weighted by atomic mass is 10.0. The van der Waals surface area contributed by atoms with Crippen LogP contribution >= 0.6 is 11.6 Å². The summed E-state index contributed by atoms with van der Waals surface area (Å²) < 4.78 is 14.0. The van der Waals surface area contributed by atoms with Gasteiger partial charge in [-0.1, -0.05) is 18.5 Å². The summed E-state index contributed by atoms with van der Waals surface area (Å²) in [4.78, 5) is 1.39. The zero-order valence-electron chi connectivity index (χ0n) is 11.5. The molecule has 2 aromatic rings. The van der Waals surface area contributed by atoms with Crippen LogP contribution in [0.4, 0.5) is 4.39 Å². The number of halogens is 2. The Morgan fingerprint density at radius 1 is 1.45 bits per heavy atom. The first kappa shape index (κ1) is 14.9. The molecule has 0 saturated heterocycles. The average molecular weight is 298 g/mol. The minimum absolute atomic E-state index is 0.224. The number of hydrogen-bond acceptors (Lipinski definition) is 4. The fourth-order valence-corrected chi connectivity index (χ4v) is 2.16. The van der Waals surface area contributed by atoms with Crippen molar-refractivity contribution in [1.82, 2.24) is 25.5 Å². The monoisotopic (exact) mass is 297 g/mol. The third-order valence-electron chi connectivity index (χ3n) is 2.91. The lowest BCUT2D eigenvalue weighted by Gasteiger charge is -2.18. The van der Waals surface area contributed by atoms with E-state index in [1.165, 1.54) is 16.9 Å². The first-order chi connectivity index (χ1) is 9.60. The molecule has 5 nitrogen and oxygen atoms in total. The molecule has 0 spiro atoms. The maximum atomic E-state index is 14.0. The molecule has 108 valence electrons. The van der Waals surface area contributed by atoms with Crippen molar-refractivity contribution in [3.8, 4) is 0 Å². The van der Waals surface area contributed by atoms with Crippen molar-refractivity contribution in [2.75, 3.05) is 6.54 Å². The molecule has 1 atom stereocenters. The Kier molecular flexibility index (Phi) is 5.03. The number of rotatable bonds is 6. The maximum absolute atomic E-state index is 14.0. The van der Waals surface area contributed by atoms with Gasteiger partial charge in [0, 0.05) is 23.0 Å². The Hall–Kier alpha value is -1.53. The van der Waals surface area contributed by atoms with Gasteiger partial charge in [0.15, 0.2) is 5.82 Å². The van der Waals surface area contributed by atoms with Crippen molar-refractivity contribution in [2.24, 2.45) is 7.05 Å². The second-order valence-electron chi connectivity index (χ2n) is 4.57. The average Bonchev–Trinajstić information content (AvgIpc) is 2.83. The third kappa shape index (κ3) is 3.74. The molecule has 0 aliphatic heterocycles. The Morgan fingerprint density at radius 3 is 2.90 bits per heavy atom. The quantitative estimate of drug-likeness (QED) is 0.889. The van der Waals surface area contributed by atoms with Crippen LogP contribution in [0.25, 0.3) is 0 Å². The molecule has 0 aliphatic rings. The number of benzene rings is 1. The molecule has 1 aromatic heterocycles. The van der Waals surface area contributed by atoms with Gasteiger partial charge in [0.1, 0.15) is 5.82 Å². The van der Waals surface area contributed by atoms with Crippen LogP contribution in [0.5, 0.6) is 0 Å². The summed E-state index contributed by atoms with van der Waals surface area (Å²) in [6.45, 7) is 2.83. The molecule has 1 unspecified atom stereocenters. The zero-order valence-corrected chi connectivity index (χ0v) is 12.2. The predicted molar refractivity (Wildman–Crippen MR) is 74.9 cm³/mol. The highest BCUT2D eigenvalue weighted by atomic mass is 35.5. The lowest BCUT2D eigenvalue weighted by Crippen LogP contribution is -2.25. The summed E-state index contributed by atoms with van der Waals surface area (Å²) in [5.74, 6) is 0.285. The Labute approximate surface area is 122 Å². The number of tetrazole rings is 1. The smallest absolute Gasteiger partial charge is 0.176 e. The van der Waals surface area contributed by atoms with Gasteiger partial charge in [-0.25, -0.2) is 4.39 Å². The van der Waals surface area contributed by atoms with Crippen molar-refractivity contribution in [3.63, 3.8) is 0 Å². The predicted octanol–water partition coefficient (Wildman–Crippen LogP) is 2.29. The van der Waals surface area contributed by atoms with E-state index >= 15 is 0 Å². The molecule has 2 rings (SSSR count). The van der Waals surface area contributed by atoms with Gasteiger partial charge in [-0.05, 0) is 36.4 Å². The summed E-state index contributed by atoms with van der Waals surface area (Å²) in [5.41, 5.74) is 0.526. The molecule has 1 N–H and O–H groups in total. The second-order valence-corrected chi connectivity index (χ2v) is 5.01. The van der Waals surface area contributed by atoms with E-state index in [-0.39, 0.29) is 11.9 Å². The Morgan fingerprint density at radius 2 is 2.25 bits per heavy atom. The number of hydrogen-bond donors (Lipinski definition) is 1. The second kappa shape index (κ2) is 6.76. The molecular weight excluding hydrogens is 281 g/mol. The van der Waals surface area contributed by atoms with Gasteiger partial charge < -0.3 is 5.32 Å². The molecule has 0 aliphatic carbocycles. The normalized spacial score (nSPS) is 12.6. The molecule has 0 saturated carbocycles. The van der Waals surface area contributed by atoms with E-state index in [0.29, 0.717) is 22.8 Å². The van der Waals surface area contributed by atoms with Gasteiger partial charge in [-0.3, -0.25) is 0 Å². The van der Waals surface area contributed by atoms with E-state index in [9.17, 15) is 4.39 Å². The topological polar surface area (TPSA) is 55.6 Å². The van der Waals surface area contributed by atoms with Gasteiger partial charge in [-0.2, -0.15) is 4.80 Å². The van der Waals surface area contributed by atoms with E-state index in [4.69, 9.17) is 11.6 Å². The van der Waals surface area contributed by atoms with Gasteiger partial charge in [0.05, 0.1) is 7.05 Å². The van der Waals surface area contributed by atoms with Crippen molar-refractivity contribution >= 4 is 11.6 Å². The highest BCUT2D eigenvalue weighted by Crippen LogP contribution is 2.23. The van der Waals surface area contributed by atoms with E-state index in [0.717, 1.165) is 13.0 Å². The van der Waals surface area contributed by atoms with E-state index in [1.807, 2.05) is 0 Å². The number of nitrogens with zero attached hydrogens (tertiary/aromatic N) is 4. The van der Waals surface area contributed by atoms with Crippen LogP contribution in [0.2, 0.25) is 5.02 Å². The highest BCUT2D eigenvalue weighted by molar-refractivity contribution is 6.30. The van der Waals surface area contributed by atoms with Crippen LogP contribution in [-0.4, -0.2) is 26.8 Å². The first-order valence-corrected chi connectivity index (χ1v) is 6.89. The summed E-state index contributed by atoms with van der Waals surface area (Å²) in [6, 6.07) is 4.33. The number of nitrogens with one attached hydrogen (secondary N) is 1. The van der Waals surface area contributed by atoms with E-state index < -0.39 is 0 Å². The van der Waals surface area contributed by atoms with Crippen LogP contribution in [0.15, 0.2) is 18.2 Å². The fraction of sp³-hybridized carbons (Fsp3) is 0.462. The first-order valence-electron chi connectivity index (χ1n) is 6.51. The fourth-order valence-electron chi connectivity index (χ4n) is 1.98. The summed E-state index contributed by atoms with van der Waals surface area (Å²) in [6.07, 6.45) is 1.41. The maximum Gasteiger partial charge on any atom is 0.176 e. The Balaban J connectivity index is 2.24. The molecule has 0 radical (unpaired) electrons. The van der Waals surface area contributed by atoms with Crippen LogP contribution < -0.4 is 5.32 Å². The molecule has 0 fully saturated rings. The Bertz CT molecular complexity index is 572. The number of aryl methyl sites for hydroxylation is 1. The van der Waals surface area contributed by atoms with Gasteiger partial charge in [0.2, 0.25) is 0 Å². The molecule has 20 heavy (non-hydrogen) atoms. The van der Waals surface area contributed by atoms with Gasteiger partial charge >= 0.3 is 0 Å². The molecule has 1 aromatic carbocycles. The molecule has 0 bridgehead atoms. The van der Waals surface area contributed by atoms with Crippen LogP contribution in [0.3, 0.4) is 0 Å². The van der Waals surface area contributed by atoms with Crippen LogP contribution in [0, 0.1) is 5.82 Å². The van der Waals surface area contributed by atoms with Crippen LogP contribution in [-0.2, 0) is 13.5 Å².